The highest BCUT2D eigenvalue weighted by Gasteiger charge is 2.27. The fourth-order valence-corrected chi connectivity index (χ4v) is 3.39. The van der Waals surface area contributed by atoms with E-state index >= 15 is 0 Å². The van der Waals surface area contributed by atoms with Gasteiger partial charge in [0.2, 0.25) is 5.91 Å². The number of aliphatic hydroxyl groups is 1. The fourth-order valence-electron chi connectivity index (χ4n) is 3.39. The Kier molecular flexibility index (Phi) is 4.93. The summed E-state index contributed by atoms with van der Waals surface area (Å²) in [5, 5.41) is 28.3. The summed E-state index contributed by atoms with van der Waals surface area (Å²) in [6.07, 6.45) is 1.46. The molecule has 1 fully saturated rings. The molecule has 9 heteroatoms. The van der Waals surface area contributed by atoms with Crippen LogP contribution in [0.15, 0.2) is 42.5 Å². The van der Waals surface area contributed by atoms with E-state index < -0.39 is 0 Å². The zero-order valence-corrected chi connectivity index (χ0v) is 14.8. The number of aliphatic hydroxyl groups excluding tert-OH is 1. The minimum Gasteiger partial charge on any atom is -0.394 e. The SMILES string of the molecule is O=C(N[C@H](CO)c1ccccc1)C1CCN(c2ccc3nnnn3n2)CC1. The lowest BCUT2D eigenvalue weighted by molar-refractivity contribution is -0.126. The van der Waals surface area contributed by atoms with Gasteiger partial charge in [0.15, 0.2) is 11.5 Å². The number of benzene rings is 1. The van der Waals surface area contributed by atoms with E-state index in [0.29, 0.717) is 5.65 Å². The number of amides is 1. The number of fused-ring (bicyclic) bond motifs is 1. The number of nitrogens with zero attached hydrogens (tertiary/aromatic N) is 6. The highest BCUT2D eigenvalue weighted by atomic mass is 16.3. The molecular formula is C18H21N7O2. The molecule has 4 rings (SSSR count). The molecule has 1 aromatic carbocycles. The molecule has 0 spiro atoms. The summed E-state index contributed by atoms with van der Waals surface area (Å²) in [5.41, 5.74) is 1.51. The Hall–Kier alpha value is -3.07. The molecule has 0 radical (unpaired) electrons. The maximum Gasteiger partial charge on any atom is 0.223 e. The number of nitrogens with one attached hydrogen (secondary N) is 1. The smallest absolute Gasteiger partial charge is 0.223 e. The van der Waals surface area contributed by atoms with Crippen LogP contribution in [0.5, 0.6) is 0 Å². The van der Waals surface area contributed by atoms with Crippen molar-refractivity contribution in [2.45, 2.75) is 18.9 Å². The van der Waals surface area contributed by atoms with Crippen LogP contribution in [0.1, 0.15) is 24.4 Å². The number of piperidine rings is 1. The summed E-state index contributed by atoms with van der Waals surface area (Å²) in [4.78, 5) is 14.8. The van der Waals surface area contributed by atoms with Crippen LogP contribution in [0.25, 0.3) is 5.65 Å². The Balaban J connectivity index is 1.36. The molecule has 0 bridgehead atoms. The average molecular weight is 367 g/mol. The molecule has 27 heavy (non-hydrogen) atoms. The van der Waals surface area contributed by atoms with Crippen molar-refractivity contribution in [3.63, 3.8) is 0 Å². The van der Waals surface area contributed by atoms with Gasteiger partial charge in [-0.05, 0) is 41.0 Å². The van der Waals surface area contributed by atoms with Crippen LogP contribution in [0, 0.1) is 5.92 Å². The first kappa shape index (κ1) is 17.3. The summed E-state index contributed by atoms with van der Waals surface area (Å²) in [6.45, 7) is 1.34. The number of anilines is 1. The Morgan fingerprint density at radius 2 is 1.96 bits per heavy atom. The third-order valence-corrected chi connectivity index (χ3v) is 4.95. The summed E-state index contributed by atoms with van der Waals surface area (Å²) in [6, 6.07) is 12.9. The van der Waals surface area contributed by atoms with Crippen LogP contribution in [0.3, 0.4) is 0 Å². The zero-order chi connectivity index (χ0) is 18.6. The van der Waals surface area contributed by atoms with Crippen LogP contribution in [0.4, 0.5) is 5.82 Å². The Morgan fingerprint density at radius 3 is 2.70 bits per heavy atom. The van der Waals surface area contributed by atoms with E-state index in [9.17, 15) is 9.90 Å². The molecule has 9 nitrogen and oxygen atoms in total. The molecular weight excluding hydrogens is 346 g/mol. The van der Waals surface area contributed by atoms with E-state index in [1.807, 2.05) is 42.5 Å². The first-order chi connectivity index (χ1) is 13.2. The molecule has 1 aliphatic heterocycles. The predicted octanol–water partition coefficient (Wildman–Crippen LogP) is 0.585. The molecule has 1 aliphatic rings. The summed E-state index contributed by atoms with van der Waals surface area (Å²) >= 11 is 0. The van der Waals surface area contributed by atoms with Crippen molar-refractivity contribution < 1.29 is 9.90 Å². The average Bonchev–Trinajstić information content (AvgIpc) is 3.20. The molecule has 0 unspecified atom stereocenters. The minimum absolute atomic E-state index is 0.0126. The van der Waals surface area contributed by atoms with Crippen LogP contribution < -0.4 is 10.2 Å². The third-order valence-electron chi connectivity index (χ3n) is 4.95. The maximum absolute atomic E-state index is 12.6. The van der Waals surface area contributed by atoms with Gasteiger partial charge >= 0.3 is 0 Å². The van der Waals surface area contributed by atoms with E-state index in [2.05, 4.69) is 30.8 Å². The molecule has 2 N–H and O–H groups in total. The minimum atomic E-state index is -0.374. The first-order valence-electron chi connectivity index (χ1n) is 9.01. The van der Waals surface area contributed by atoms with Gasteiger partial charge in [-0.25, -0.2) is 0 Å². The topological polar surface area (TPSA) is 109 Å². The molecule has 140 valence electrons. The lowest BCUT2D eigenvalue weighted by Crippen LogP contribution is -2.42. The van der Waals surface area contributed by atoms with Crippen molar-refractivity contribution >= 4 is 17.4 Å². The largest absolute Gasteiger partial charge is 0.394 e. The summed E-state index contributed by atoms with van der Waals surface area (Å²) < 4.78 is 1.40. The standard InChI is InChI=1S/C18H21N7O2/c26-12-15(13-4-2-1-3-5-13)19-18(27)14-8-10-24(11-9-14)17-7-6-16-20-22-23-25(16)21-17/h1-7,14-15,26H,8-12H2,(H,19,27)/t15-/m1/s1. The van der Waals surface area contributed by atoms with Gasteiger partial charge in [0.1, 0.15) is 0 Å². The van der Waals surface area contributed by atoms with Crippen LogP contribution in [0.2, 0.25) is 0 Å². The van der Waals surface area contributed by atoms with Gasteiger partial charge in [-0.1, -0.05) is 30.3 Å². The number of rotatable bonds is 5. The van der Waals surface area contributed by atoms with E-state index in [4.69, 9.17) is 0 Å². The van der Waals surface area contributed by atoms with Crippen LogP contribution in [-0.4, -0.2) is 56.0 Å². The van der Waals surface area contributed by atoms with E-state index in [0.717, 1.165) is 37.3 Å². The number of hydrogen-bond acceptors (Lipinski definition) is 7. The van der Waals surface area contributed by atoms with Gasteiger partial charge in [0.05, 0.1) is 12.6 Å². The molecule has 1 amide bonds. The number of carbonyl (C=O) groups is 1. The third kappa shape index (κ3) is 3.72. The second-order valence-corrected chi connectivity index (χ2v) is 6.63. The van der Waals surface area contributed by atoms with E-state index in [1.54, 1.807) is 0 Å². The van der Waals surface area contributed by atoms with Crippen LogP contribution >= 0.6 is 0 Å². The molecule has 0 aliphatic carbocycles. The van der Waals surface area contributed by atoms with Crippen molar-refractivity contribution in [3.8, 4) is 0 Å². The number of tetrazole rings is 1. The van der Waals surface area contributed by atoms with Gasteiger partial charge in [0.25, 0.3) is 0 Å². The number of aromatic nitrogens is 5. The second-order valence-electron chi connectivity index (χ2n) is 6.63. The summed E-state index contributed by atoms with van der Waals surface area (Å²) in [5.74, 6) is 0.711. The molecule has 2 aromatic heterocycles. The van der Waals surface area contributed by atoms with Gasteiger partial charge < -0.3 is 15.3 Å². The normalized spacial score (nSPS) is 16.4. The highest BCUT2D eigenvalue weighted by Crippen LogP contribution is 2.23. The molecule has 3 heterocycles. The Morgan fingerprint density at radius 1 is 1.19 bits per heavy atom. The number of carbonyl (C=O) groups excluding carboxylic acids is 1. The monoisotopic (exact) mass is 367 g/mol. The van der Waals surface area contributed by atoms with Crippen molar-refractivity contribution in [1.29, 1.82) is 0 Å². The Labute approximate surface area is 156 Å². The molecule has 3 aromatic rings. The van der Waals surface area contributed by atoms with E-state index in [1.165, 1.54) is 4.63 Å². The van der Waals surface area contributed by atoms with Crippen molar-refractivity contribution in [1.82, 2.24) is 30.6 Å². The van der Waals surface area contributed by atoms with Gasteiger partial charge in [-0.15, -0.1) is 14.8 Å². The first-order valence-corrected chi connectivity index (χ1v) is 9.01. The second kappa shape index (κ2) is 7.67. The Bertz CT molecular complexity index is 906. The van der Waals surface area contributed by atoms with Gasteiger partial charge in [-0.2, -0.15) is 0 Å². The van der Waals surface area contributed by atoms with E-state index in [-0.39, 0.29) is 24.5 Å². The van der Waals surface area contributed by atoms with Crippen molar-refractivity contribution in [2.24, 2.45) is 5.92 Å². The predicted molar refractivity (Wildman–Crippen MR) is 97.9 cm³/mol. The maximum atomic E-state index is 12.6. The lowest BCUT2D eigenvalue weighted by atomic mass is 9.95. The summed E-state index contributed by atoms with van der Waals surface area (Å²) in [7, 11) is 0. The lowest BCUT2D eigenvalue weighted by Gasteiger charge is -2.32. The number of hydrogen-bond donors (Lipinski definition) is 2. The molecule has 1 saturated heterocycles. The highest BCUT2D eigenvalue weighted by molar-refractivity contribution is 5.79. The molecule has 1 atom stereocenters. The molecule has 0 saturated carbocycles. The fraction of sp³-hybridized carbons (Fsp3) is 0.389. The quantitative estimate of drug-likeness (QED) is 0.679. The van der Waals surface area contributed by atoms with Crippen molar-refractivity contribution in [3.05, 3.63) is 48.0 Å². The van der Waals surface area contributed by atoms with Crippen molar-refractivity contribution in [2.75, 3.05) is 24.6 Å². The van der Waals surface area contributed by atoms with Gasteiger partial charge in [0, 0.05) is 19.0 Å². The van der Waals surface area contributed by atoms with Gasteiger partial charge in [-0.3, -0.25) is 4.79 Å². The zero-order valence-electron chi connectivity index (χ0n) is 14.8. The van der Waals surface area contributed by atoms with Crippen LogP contribution in [-0.2, 0) is 4.79 Å².